The van der Waals surface area contributed by atoms with Crippen molar-refractivity contribution in [1.82, 2.24) is 4.98 Å². The lowest BCUT2D eigenvalue weighted by atomic mass is 10.1. The Bertz CT molecular complexity index is 961. The van der Waals surface area contributed by atoms with Crippen LogP contribution in [0.4, 0.5) is 17.2 Å². The molecule has 0 saturated heterocycles. The summed E-state index contributed by atoms with van der Waals surface area (Å²) in [6.07, 6.45) is 0. The van der Waals surface area contributed by atoms with E-state index in [-0.39, 0.29) is 5.91 Å². The lowest BCUT2D eigenvalue weighted by molar-refractivity contribution is -0.114. The van der Waals surface area contributed by atoms with Crippen LogP contribution in [0.15, 0.2) is 48.5 Å². The van der Waals surface area contributed by atoms with E-state index in [4.69, 9.17) is 11.6 Å². The first-order valence-corrected chi connectivity index (χ1v) is 7.58. The molecule has 118 valence electrons. The van der Waals surface area contributed by atoms with Gasteiger partial charge in [-0.05, 0) is 48.5 Å². The number of nitrogens with one attached hydrogen (secondary N) is 2. The van der Waals surface area contributed by atoms with Crippen molar-refractivity contribution in [2.75, 3.05) is 10.6 Å². The maximum absolute atomic E-state index is 11.0. The van der Waals surface area contributed by atoms with Gasteiger partial charge in [0.1, 0.15) is 5.82 Å². The third-order valence-electron chi connectivity index (χ3n) is 3.37. The average molecular weight is 337 g/mol. The third-order valence-corrected chi connectivity index (χ3v) is 3.60. The molecular weight excluding hydrogens is 324 g/mol. The van der Waals surface area contributed by atoms with Crippen LogP contribution in [0.2, 0.25) is 5.02 Å². The molecule has 0 aliphatic rings. The van der Waals surface area contributed by atoms with Crippen LogP contribution in [-0.2, 0) is 4.79 Å². The minimum Gasteiger partial charge on any atom is -0.340 e. The number of carbonyl (C=O) groups is 1. The van der Waals surface area contributed by atoms with Gasteiger partial charge in [0.15, 0.2) is 0 Å². The molecule has 0 atom stereocenters. The molecule has 2 N–H and O–H groups in total. The van der Waals surface area contributed by atoms with Crippen LogP contribution in [0, 0.1) is 11.3 Å². The number of pyridine rings is 1. The Labute approximate surface area is 143 Å². The average Bonchev–Trinajstić information content (AvgIpc) is 2.56. The predicted octanol–water partition coefficient (Wildman–Crippen LogP) is 4.46. The van der Waals surface area contributed by atoms with Crippen molar-refractivity contribution in [3.8, 4) is 6.07 Å². The number of halogens is 1. The molecule has 24 heavy (non-hydrogen) atoms. The molecule has 2 aromatic carbocycles. The van der Waals surface area contributed by atoms with Gasteiger partial charge in [-0.1, -0.05) is 11.6 Å². The number of nitrogens with zero attached hydrogens (tertiary/aromatic N) is 2. The van der Waals surface area contributed by atoms with Crippen molar-refractivity contribution in [2.45, 2.75) is 6.92 Å². The quantitative estimate of drug-likeness (QED) is 0.740. The summed E-state index contributed by atoms with van der Waals surface area (Å²) in [4.78, 5) is 15.5. The second-order valence-electron chi connectivity index (χ2n) is 5.21. The van der Waals surface area contributed by atoms with E-state index in [1.54, 1.807) is 36.4 Å². The normalized spacial score (nSPS) is 10.2. The largest absolute Gasteiger partial charge is 0.340 e. The smallest absolute Gasteiger partial charge is 0.221 e. The van der Waals surface area contributed by atoms with Crippen LogP contribution < -0.4 is 10.6 Å². The Morgan fingerprint density at radius 2 is 1.83 bits per heavy atom. The van der Waals surface area contributed by atoms with Gasteiger partial charge in [0.25, 0.3) is 0 Å². The van der Waals surface area contributed by atoms with Crippen LogP contribution in [-0.4, -0.2) is 10.9 Å². The molecule has 5 nitrogen and oxygen atoms in total. The zero-order chi connectivity index (χ0) is 17.1. The monoisotopic (exact) mass is 336 g/mol. The van der Waals surface area contributed by atoms with E-state index >= 15 is 0 Å². The molecule has 0 fully saturated rings. The topological polar surface area (TPSA) is 77.8 Å². The summed E-state index contributed by atoms with van der Waals surface area (Å²) in [6.45, 7) is 1.46. The zero-order valence-corrected chi connectivity index (χ0v) is 13.6. The van der Waals surface area contributed by atoms with Gasteiger partial charge in [0.2, 0.25) is 5.91 Å². The van der Waals surface area contributed by atoms with Gasteiger partial charge in [0, 0.05) is 28.7 Å². The third kappa shape index (κ3) is 3.45. The number of hydrogen-bond donors (Lipinski definition) is 2. The van der Waals surface area contributed by atoms with Crippen molar-refractivity contribution in [1.29, 1.82) is 5.26 Å². The highest BCUT2D eigenvalue weighted by Gasteiger charge is 2.07. The molecule has 0 aliphatic carbocycles. The summed E-state index contributed by atoms with van der Waals surface area (Å²) in [5.41, 5.74) is 2.70. The molecule has 0 unspecified atom stereocenters. The molecule has 0 spiro atoms. The zero-order valence-electron chi connectivity index (χ0n) is 12.8. The summed E-state index contributed by atoms with van der Waals surface area (Å²) in [7, 11) is 0. The number of aromatic nitrogens is 1. The molecule has 1 amide bonds. The molecule has 1 aromatic heterocycles. The number of benzene rings is 2. The summed E-state index contributed by atoms with van der Waals surface area (Å²) < 4.78 is 0. The highest BCUT2D eigenvalue weighted by molar-refractivity contribution is 6.31. The maximum atomic E-state index is 11.0. The van der Waals surface area contributed by atoms with Gasteiger partial charge < -0.3 is 10.6 Å². The highest BCUT2D eigenvalue weighted by atomic mass is 35.5. The SMILES string of the molecule is CC(=O)Nc1ccc(Nc2cc(C#N)c3cc(Cl)ccc3n2)cc1. The Morgan fingerprint density at radius 3 is 2.50 bits per heavy atom. The first-order valence-electron chi connectivity index (χ1n) is 7.20. The molecule has 6 heteroatoms. The first-order chi connectivity index (χ1) is 11.5. The molecule has 3 aromatic rings. The lowest BCUT2D eigenvalue weighted by Crippen LogP contribution is -2.05. The van der Waals surface area contributed by atoms with Crippen molar-refractivity contribution >= 4 is 45.6 Å². The van der Waals surface area contributed by atoms with E-state index in [9.17, 15) is 10.1 Å². The molecule has 0 saturated carbocycles. The summed E-state index contributed by atoms with van der Waals surface area (Å²) in [5, 5.41) is 16.5. The fraction of sp³-hybridized carbons (Fsp3) is 0.0556. The fourth-order valence-electron chi connectivity index (χ4n) is 2.34. The molecule has 3 rings (SSSR count). The number of rotatable bonds is 3. The lowest BCUT2D eigenvalue weighted by Gasteiger charge is -2.09. The van der Waals surface area contributed by atoms with Gasteiger partial charge in [0.05, 0.1) is 17.1 Å². The Kier molecular flexibility index (Phi) is 4.32. The van der Waals surface area contributed by atoms with Crippen molar-refractivity contribution < 1.29 is 4.79 Å². The molecular formula is C18H13ClN4O. The number of carbonyl (C=O) groups excluding carboxylic acids is 1. The summed E-state index contributed by atoms with van der Waals surface area (Å²) >= 11 is 5.99. The van der Waals surface area contributed by atoms with Crippen LogP contribution in [0.3, 0.4) is 0 Å². The van der Waals surface area contributed by atoms with Crippen LogP contribution in [0.5, 0.6) is 0 Å². The van der Waals surface area contributed by atoms with Crippen LogP contribution in [0.1, 0.15) is 12.5 Å². The second kappa shape index (κ2) is 6.57. The van der Waals surface area contributed by atoms with E-state index < -0.39 is 0 Å². The van der Waals surface area contributed by atoms with E-state index in [0.717, 1.165) is 11.1 Å². The van der Waals surface area contributed by atoms with E-state index in [1.165, 1.54) is 6.92 Å². The summed E-state index contributed by atoms with van der Waals surface area (Å²) in [5.74, 6) is 0.442. The van der Waals surface area contributed by atoms with Gasteiger partial charge in [-0.15, -0.1) is 0 Å². The molecule has 1 heterocycles. The minimum atomic E-state index is -0.121. The van der Waals surface area contributed by atoms with Crippen molar-refractivity contribution in [3.05, 3.63) is 59.1 Å². The molecule has 0 aliphatic heterocycles. The number of anilines is 3. The predicted molar refractivity (Wildman–Crippen MR) is 95.5 cm³/mol. The highest BCUT2D eigenvalue weighted by Crippen LogP contribution is 2.25. The van der Waals surface area contributed by atoms with Gasteiger partial charge in [-0.2, -0.15) is 5.26 Å². The van der Waals surface area contributed by atoms with Gasteiger partial charge in [-0.25, -0.2) is 4.98 Å². The fourth-order valence-corrected chi connectivity index (χ4v) is 2.51. The number of nitriles is 1. The number of amides is 1. The molecule has 0 radical (unpaired) electrons. The second-order valence-corrected chi connectivity index (χ2v) is 5.65. The number of fused-ring (bicyclic) bond motifs is 1. The van der Waals surface area contributed by atoms with Crippen LogP contribution in [0.25, 0.3) is 10.9 Å². The van der Waals surface area contributed by atoms with Gasteiger partial charge in [-0.3, -0.25) is 4.79 Å². The first kappa shape index (κ1) is 15.8. The van der Waals surface area contributed by atoms with Crippen LogP contribution >= 0.6 is 11.6 Å². The molecule has 0 bridgehead atoms. The minimum absolute atomic E-state index is 0.121. The summed E-state index contributed by atoms with van der Waals surface area (Å²) in [6, 6.07) is 16.3. The Balaban J connectivity index is 1.91. The Hall–Kier alpha value is -3.10. The van der Waals surface area contributed by atoms with E-state index in [0.29, 0.717) is 27.6 Å². The maximum Gasteiger partial charge on any atom is 0.221 e. The van der Waals surface area contributed by atoms with Crippen molar-refractivity contribution in [3.63, 3.8) is 0 Å². The van der Waals surface area contributed by atoms with E-state index in [1.807, 2.05) is 12.1 Å². The number of hydrogen-bond acceptors (Lipinski definition) is 4. The van der Waals surface area contributed by atoms with Gasteiger partial charge >= 0.3 is 0 Å². The Morgan fingerprint density at radius 1 is 1.12 bits per heavy atom. The van der Waals surface area contributed by atoms with E-state index in [2.05, 4.69) is 21.7 Å². The van der Waals surface area contributed by atoms with Crippen molar-refractivity contribution in [2.24, 2.45) is 0 Å². The standard InChI is InChI=1S/C18H13ClN4O/c1-11(24)21-14-3-5-15(6-4-14)22-18-8-12(10-20)16-9-13(19)2-7-17(16)23-18/h2-9H,1H3,(H,21,24)(H,22,23).